The number of benzene rings is 1. The fourth-order valence-corrected chi connectivity index (χ4v) is 3.57. The molecule has 0 aliphatic heterocycles. The Balaban J connectivity index is 1.60. The molecule has 1 amide bonds. The van der Waals surface area contributed by atoms with Crippen molar-refractivity contribution in [3.8, 4) is 0 Å². The van der Waals surface area contributed by atoms with Gasteiger partial charge in [-0.25, -0.2) is 23.4 Å². The highest BCUT2D eigenvalue weighted by atomic mass is 32.2. The van der Waals surface area contributed by atoms with Crippen LogP contribution in [-0.2, 0) is 24.3 Å². The summed E-state index contributed by atoms with van der Waals surface area (Å²) in [6, 6.07) is 6.39. The summed E-state index contributed by atoms with van der Waals surface area (Å²) < 4.78 is 31.9. The molecule has 2 aromatic heterocycles. The van der Waals surface area contributed by atoms with Crippen LogP contribution in [0.1, 0.15) is 13.8 Å². The quantitative estimate of drug-likeness (QED) is 0.471. The summed E-state index contributed by atoms with van der Waals surface area (Å²) in [4.78, 5) is 39.2. The molecular formula is C17H18N6O5S. The van der Waals surface area contributed by atoms with Crippen LogP contribution in [0.5, 0.6) is 0 Å². The molecule has 0 saturated heterocycles. The second kappa shape index (κ2) is 8.32. The van der Waals surface area contributed by atoms with E-state index in [9.17, 15) is 18.0 Å². The van der Waals surface area contributed by atoms with Gasteiger partial charge in [0.05, 0.1) is 11.2 Å². The monoisotopic (exact) mass is 418 g/mol. The van der Waals surface area contributed by atoms with Crippen LogP contribution in [0.4, 0.5) is 5.82 Å². The van der Waals surface area contributed by atoms with Gasteiger partial charge in [0.15, 0.2) is 17.6 Å². The molecule has 1 unspecified atom stereocenters. The van der Waals surface area contributed by atoms with Gasteiger partial charge in [0.1, 0.15) is 17.9 Å². The lowest BCUT2D eigenvalue weighted by Gasteiger charge is -2.17. The maximum atomic E-state index is 12.3. The van der Waals surface area contributed by atoms with Crippen LogP contribution in [0.2, 0.25) is 0 Å². The standard InChI is InChI=1S/C17H18N6O5S/c1-10(23-29(26,27)12-6-4-3-5-7-12)17(25)28-11(2)16(24)22-15-13-14(19-8-18-13)20-9-21-15/h3-11,23H,1-2H3,(H2,18,19,20,21,22,24)/t10-,11?/m0/s1. The van der Waals surface area contributed by atoms with E-state index in [1.165, 1.54) is 38.6 Å². The van der Waals surface area contributed by atoms with Gasteiger partial charge in [0.25, 0.3) is 5.91 Å². The molecule has 0 radical (unpaired) electrons. The van der Waals surface area contributed by atoms with Gasteiger partial charge in [-0.15, -0.1) is 0 Å². The van der Waals surface area contributed by atoms with Crippen LogP contribution >= 0.6 is 0 Å². The van der Waals surface area contributed by atoms with Crippen molar-refractivity contribution in [3.05, 3.63) is 43.0 Å². The van der Waals surface area contributed by atoms with Crippen LogP contribution in [0.25, 0.3) is 11.2 Å². The second-order valence-corrected chi connectivity index (χ2v) is 7.76. The Morgan fingerprint density at radius 2 is 1.83 bits per heavy atom. The zero-order valence-electron chi connectivity index (χ0n) is 15.5. The van der Waals surface area contributed by atoms with E-state index in [-0.39, 0.29) is 10.7 Å². The Morgan fingerprint density at radius 1 is 1.10 bits per heavy atom. The van der Waals surface area contributed by atoms with E-state index in [1.54, 1.807) is 18.2 Å². The number of ether oxygens (including phenoxy) is 1. The lowest BCUT2D eigenvalue weighted by Crippen LogP contribution is -2.42. The molecule has 0 bridgehead atoms. The highest BCUT2D eigenvalue weighted by Gasteiger charge is 2.26. The molecule has 152 valence electrons. The summed E-state index contributed by atoms with van der Waals surface area (Å²) in [5, 5.41) is 2.51. The van der Waals surface area contributed by atoms with Gasteiger partial charge in [-0.1, -0.05) is 18.2 Å². The molecule has 0 saturated carbocycles. The van der Waals surface area contributed by atoms with Crippen molar-refractivity contribution in [1.29, 1.82) is 0 Å². The molecule has 0 aliphatic carbocycles. The van der Waals surface area contributed by atoms with Crippen molar-refractivity contribution in [1.82, 2.24) is 24.7 Å². The average molecular weight is 418 g/mol. The van der Waals surface area contributed by atoms with Gasteiger partial charge < -0.3 is 15.0 Å². The van der Waals surface area contributed by atoms with E-state index in [0.29, 0.717) is 11.2 Å². The van der Waals surface area contributed by atoms with Crippen LogP contribution in [0, 0.1) is 0 Å². The Labute approximate surface area is 166 Å². The molecular weight excluding hydrogens is 400 g/mol. The minimum atomic E-state index is -3.91. The number of hydrogen-bond acceptors (Lipinski definition) is 8. The Hall–Kier alpha value is -3.38. The number of carbonyl (C=O) groups excluding carboxylic acids is 2. The average Bonchev–Trinajstić information content (AvgIpc) is 3.18. The molecule has 0 aliphatic rings. The predicted molar refractivity (Wildman–Crippen MR) is 102 cm³/mol. The van der Waals surface area contributed by atoms with Gasteiger partial charge in [-0.3, -0.25) is 9.59 Å². The number of H-pyrrole nitrogens is 1. The summed E-state index contributed by atoms with van der Waals surface area (Å²) in [5.41, 5.74) is 0.784. The normalized spacial score (nSPS) is 13.6. The van der Waals surface area contributed by atoms with E-state index in [1.807, 2.05) is 0 Å². The summed E-state index contributed by atoms with van der Waals surface area (Å²) in [7, 11) is -3.91. The Kier molecular flexibility index (Phi) is 5.84. The van der Waals surface area contributed by atoms with Crippen molar-refractivity contribution in [2.45, 2.75) is 30.9 Å². The maximum absolute atomic E-state index is 12.3. The fourth-order valence-electron chi connectivity index (χ4n) is 2.36. The Morgan fingerprint density at radius 3 is 2.55 bits per heavy atom. The number of nitrogens with one attached hydrogen (secondary N) is 3. The molecule has 3 rings (SSSR count). The lowest BCUT2D eigenvalue weighted by atomic mass is 10.3. The second-order valence-electron chi connectivity index (χ2n) is 6.05. The molecule has 2 heterocycles. The van der Waals surface area contributed by atoms with Crippen LogP contribution in [-0.4, -0.2) is 52.4 Å². The molecule has 2 atom stereocenters. The Bertz CT molecular complexity index is 1130. The number of hydrogen-bond donors (Lipinski definition) is 3. The SMILES string of the molecule is CC(OC(=O)[C@H](C)NS(=O)(=O)c1ccccc1)C(=O)Nc1ncnc2nc[nH]c12. The van der Waals surface area contributed by atoms with Crippen molar-refractivity contribution in [2.24, 2.45) is 0 Å². The maximum Gasteiger partial charge on any atom is 0.324 e. The summed E-state index contributed by atoms with van der Waals surface area (Å²) >= 11 is 0. The molecule has 0 fully saturated rings. The molecule has 12 heteroatoms. The number of carbonyl (C=O) groups is 2. The number of aromatic nitrogens is 4. The largest absolute Gasteiger partial charge is 0.451 e. The topological polar surface area (TPSA) is 156 Å². The number of fused-ring (bicyclic) bond motifs is 1. The number of esters is 1. The van der Waals surface area contributed by atoms with Gasteiger partial charge >= 0.3 is 5.97 Å². The lowest BCUT2D eigenvalue weighted by molar-refractivity contribution is -0.154. The van der Waals surface area contributed by atoms with Crippen LogP contribution in [0.15, 0.2) is 47.9 Å². The third kappa shape index (κ3) is 4.73. The zero-order chi connectivity index (χ0) is 21.0. The third-order valence-electron chi connectivity index (χ3n) is 3.87. The molecule has 11 nitrogen and oxygen atoms in total. The van der Waals surface area contributed by atoms with Crippen molar-refractivity contribution in [2.75, 3.05) is 5.32 Å². The van der Waals surface area contributed by atoms with Gasteiger partial charge in [0, 0.05) is 0 Å². The summed E-state index contributed by atoms with van der Waals surface area (Å²) in [6.45, 7) is 2.68. The molecule has 3 aromatic rings. The first-order valence-electron chi connectivity index (χ1n) is 8.51. The van der Waals surface area contributed by atoms with E-state index >= 15 is 0 Å². The number of sulfonamides is 1. The molecule has 3 N–H and O–H groups in total. The number of rotatable bonds is 7. The van der Waals surface area contributed by atoms with Gasteiger partial charge in [0.2, 0.25) is 10.0 Å². The fraction of sp³-hybridized carbons (Fsp3) is 0.235. The van der Waals surface area contributed by atoms with Crippen molar-refractivity contribution >= 4 is 38.9 Å². The predicted octanol–water partition coefficient (Wildman–Crippen LogP) is 0.590. The molecule has 1 aromatic carbocycles. The smallest absolute Gasteiger partial charge is 0.324 e. The number of imidazole rings is 1. The third-order valence-corrected chi connectivity index (χ3v) is 5.42. The first-order valence-corrected chi connectivity index (χ1v) is 9.99. The number of nitrogens with zero attached hydrogens (tertiary/aromatic N) is 3. The van der Waals surface area contributed by atoms with E-state index in [4.69, 9.17) is 4.74 Å². The van der Waals surface area contributed by atoms with Gasteiger partial charge in [-0.2, -0.15) is 4.72 Å². The van der Waals surface area contributed by atoms with E-state index < -0.39 is 34.0 Å². The number of aromatic amines is 1. The first kappa shape index (κ1) is 20.4. The minimum absolute atomic E-state index is 0.0118. The van der Waals surface area contributed by atoms with Crippen molar-refractivity contribution in [3.63, 3.8) is 0 Å². The van der Waals surface area contributed by atoms with Gasteiger partial charge in [-0.05, 0) is 26.0 Å². The number of amides is 1. The van der Waals surface area contributed by atoms with E-state index in [2.05, 4.69) is 30.0 Å². The highest BCUT2D eigenvalue weighted by Crippen LogP contribution is 2.15. The highest BCUT2D eigenvalue weighted by molar-refractivity contribution is 7.89. The minimum Gasteiger partial charge on any atom is -0.451 e. The van der Waals surface area contributed by atoms with Crippen molar-refractivity contribution < 1.29 is 22.7 Å². The summed E-state index contributed by atoms with van der Waals surface area (Å²) in [5.74, 6) is -1.37. The molecule has 29 heavy (non-hydrogen) atoms. The molecule has 0 spiro atoms. The first-order chi connectivity index (χ1) is 13.8. The summed E-state index contributed by atoms with van der Waals surface area (Å²) in [6.07, 6.45) is 1.44. The zero-order valence-corrected chi connectivity index (χ0v) is 16.3. The van der Waals surface area contributed by atoms with E-state index in [0.717, 1.165) is 0 Å². The van der Waals surface area contributed by atoms with Crippen LogP contribution < -0.4 is 10.0 Å². The van der Waals surface area contributed by atoms with Crippen LogP contribution in [0.3, 0.4) is 0 Å². The number of anilines is 1.